The SMILES string of the molecule is N#Cc1cnn(-c2ccc(Cl)cc2)c1/N=C/NO. The van der Waals surface area contributed by atoms with Gasteiger partial charge in [-0.15, -0.1) is 0 Å². The quantitative estimate of drug-likeness (QED) is 0.503. The number of halogens is 1. The van der Waals surface area contributed by atoms with E-state index in [9.17, 15) is 0 Å². The van der Waals surface area contributed by atoms with Gasteiger partial charge in [-0.05, 0) is 24.3 Å². The number of aromatic nitrogens is 2. The highest BCUT2D eigenvalue weighted by Gasteiger charge is 2.10. The standard InChI is InChI=1S/C11H8ClN5O/c12-9-1-3-10(4-2-9)17-11(14-7-16-18)8(5-13)6-15-17/h1-4,6-7,18H,(H,14,16). The molecule has 0 aliphatic heterocycles. The van der Waals surface area contributed by atoms with Crippen molar-refractivity contribution < 1.29 is 5.21 Å². The third-order valence-corrected chi connectivity index (χ3v) is 2.43. The molecule has 1 aromatic heterocycles. The summed E-state index contributed by atoms with van der Waals surface area (Å²) in [6.45, 7) is 0. The van der Waals surface area contributed by atoms with Gasteiger partial charge in [0.15, 0.2) is 5.82 Å². The maximum absolute atomic E-state index is 8.94. The van der Waals surface area contributed by atoms with Crippen molar-refractivity contribution in [2.45, 2.75) is 0 Å². The van der Waals surface area contributed by atoms with Crippen molar-refractivity contribution in [2.75, 3.05) is 0 Å². The van der Waals surface area contributed by atoms with Gasteiger partial charge >= 0.3 is 0 Å². The number of aliphatic imine (C=N–C) groups is 1. The van der Waals surface area contributed by atoms with Crippen LogP contribution in [0, 0.1) is 11.3 Å². The van der Waals surface area contributed by atoms with Crippen molar-refractivity contribution in [1.29, 1.82) is 5.26 Å². The van der Waals surface area contributed by atoms with Crippen LogP contribution in [0.4, 0.5) is 5.82 Å². The number of hydroxylamine groups is 1. The molecule has 0 saturated heterocycles. The largest absolute Gasteiger partial charge is 0.290 e. The minimum Gasteiger partial charge on any atom is -0.290 e. The number of benzene rings is 1. The summed E-state index contributed by atoms with van der Waals surface area (Å²) in [4.78, 5) is 3.91. The first-order valence-corrected chi connectivity index (χ1v) is 5.30. The first-order chi connectivity index (χ1) is 8.76. The van der Waals surface area contributed by atoms with Gasteiger partial charge in [-0.25, -0.2) is 9.67 Å². The van der Waals surface area contributed by atoms with Gasteiger partial charge in [0.2, 0.25) is 0 Å². The van der Waals surface area contributed by atoms with Crippen LogP contribution >= 0.6 is 11.6 Å². The molecule has 1 heterocycles. The molecule has 0 aliphatic rings. The van der Waals surface area contributed by atoms with Gasteiger partial charge in [0.25, 0.3) is 0 Å². The first-order valence-electron chi connectivity index (χ1n) is 4.92. The predicted octanol–water partition coefficient (Wildman–Crippen LogP) is 2.04. The molecule has 0 fully saturated rings. The molecule has 6 nitrogen and oxygen atoms in total. The maximum Gasteiger partial charge on any atom is 0.175 e. The highest BCUT2D eigenvalue weighted by atomic mass is 35.5. The van der Waals surface area contributed by atoms with Crippen LogP contribution in [-0.2, 0) is 0 Å². The minimum absolute atomic E-state index is 0.302. The Hall–Kier alpha value is -2.36. The van der Waals surface area contributed by atoms with Crippen molar-refractivity contribution in [3.8, 4) is 11.8 Å². The average Bonchev–Trinajstić information content (AvgIpc) is 2.80. The van der Waals surface area contributed by atoms with E-state index < -0.39 is 0 Å². The Morgan fingerprint density at radius 1 is 1.44 bits per heavy atom. The number of rotatable bonds is 3. The average molecular weight is 262 g/mol. The molecule has 0 unspecified atom stereocenters. The Morgan fingerprint density at radius 2 is 2.17 bits per heavy atom. The second-order valence-electron chi connectivity index (χ2n) is 3.27. The van der Waals surface area contributed by atoms with Gasteiger partial charge in [-0.3, -0.25) is 10.7 Å². The Labute approximate surface area is 108 Å². The molecule has 0 saturated carbocycles. The number of nitriles is 1. The van der Waals surface area contributed by atoms with Crippen LogP contribution in [0.25, 0.3) is 5.69 Å². The van der Waals surface area contributed by atoms with Crippen molar-refractivity contribution in [3.63, 3.8) is 0 Å². The lowest BCUT2D eigenvalue weighted by Crippen LogP contribution is -2.02. The second kappa shape index (κ2) is 5.31. The fraction of sp³-hybridized carbons (Fsp3) is 0. The van der Waals surface area contributed by atoms with Crippen LogP contribution in [0.5, 0.6) is 0 Å². The van der Waals surface area contributed by atoms with Crippen LogP contribution in [0.2, 0.25) is 5.02 Å². The monoisotopic (exact) mass is 261 g/mol. The molecular formula is C11H8ClN5O. The lowest BCUT2D eigenvalue weighted by molar-refractivity contribution is 0.240. The van der Waals surface area contributed by atoms with Crippen LogP contribution < -0.4 is 5.48 Å². The van der Waals surface area contributed by atoms with Gasteiger partial charge in [0.1, 0.15) is 18.0 Å². The maximum atomic E-state index is 8.94. The lowest BCUT2D eigenvalue weighted by Gasteiger charge is -2.03. The first kappa shape index (κ1) is 12.1. The van der Waals surface area contributed by atoms with Gasteiger partial charge in [-0.1, -0.05) is 11.6 Å². The molecule has 2 aromatic rings. The van der Waals surface area contributed by atoms with E-state index in [4.69, 9.17) is 22.1 Å². The summed E-state index contributed by atoms with van der Waals surface area (Å²) in [6.07, 6.45) is 2.46. The third-order valence-electron chi connectivity index (χ3n) is 2.18. The molecule has 2 N–H and O–H groups in total. The number of hydrogen-bond donors (Lipinski definition) is 2. The second-order valence-corrected chi connectivity index (χ2v) is 3.71. The topological polar surface area (TPSA) is 86.2 Å². The van der Waals surface area contributed by atoms with Crippen LogP contribution in [0.3, 0.4) is 0 Å². The van der Waals surface area contributed by atoms with E-state index in [1.807, 2.05) is 6.07 Å². The molecule has 0 bridgehead atoms. The summed E-state index contributed by atoms with van der Waals surface area (Å²) in [7, 11) is 0. The Balaban J connectivity index is 2.51. The molecule has 0 atom stereocenters. The molecule has 0 amide bonds. The predicted molar refractivity (Wildman–Crippen MR) is 66.4 cm³/mol. The summed E-state index contributed by atoms with van der Waals surface area (Å²) < 4.78 is 1.47. The smallest absolute Gasteiger partial charge is 0.175 e. The van der Waals surface area contributed by atoms with Gasteiger partial charge in [-0.2, -0.15) is 10.4 Å². The summed E-state index contributed by atoms with van der Waals surface area (Å²) in [5, 5.41) is 22.1. The van der Waals surface area contributed by atoms with Crippen molar-refractivity contribution in [3.05, 3.63) is 41.0 Å². The Kier molecular flexibility index (Phi) is 3.57. The minimum atomic E-state index is 0.302. The lowest BCUT2D eigenvalue weighted by atomic mass is 10.3. The third kappa shape index (κ3) is 2.32. The fourth-order valence-corrected chi connectivity index (χ4v) is 1.53. The molecule has 2 rings (SSSR count). The molecule has 0 aliphatic carbocycles. The normalized spacial score (nSPS) is 10.5. The number of hydrogen-bond acceptors (Lipinski definition) is 4. The zero-order valence-corrected chi connectivity index (χ0v) is 9.83. The van der Waals surface area contributed by atoms with E-state index in [0.717, 1.165) is 6.34 Å². The van der Waals surface area contributed by atoms with Crippen molar-refractivity contribution >= 4 is 23.8 Å². The zero-order chi connectivity index (χ0) is 13.0. The van der Waals surface area contributed by atoms with E-state index in [0.29, 0.717) is 22.1 Å². The van der Waals surface area contributed by atoms with Crippen LogP contribution in [0.1, 0.15) is 5.56 Å². The molecule has 1 aromatic carbocycles. The molecule has 90 valence electrons. The number of nitrogens with zero attached hydrogens (tertiary/aromatic N) is 4. The van der Waals surface area contributed by atoms with Gasteiger partial charge in [0.05, 0.1) is 11.9 Å². The summed E-state index contributed by atoms with van der Waals surface area (Å²) in [5.41, 5.74) is 2.80. The number of nitrogens with one attached hydrogen (secondary N) is 1. The van der Waals surface area contributed by atoms with E-state index in [-0.39, 0.29) is 0 Å². The fourth-order valence-electron chi connectivity index (χ4n) is 1.41. The molecule has 0 spiro atoms. The van der Waals surface area contributed by atoms with E-state index in [1.165, 1.54) is 10.9 Å². The summed E-state index contributed by atoms with van der Waals surface area (Å²) >= 11 is 5.80. The van der Waals surface area contributed by atoms with Crippen LogP contribution in [-0.4, -0.2) is 21.3 Å². The van der Waals surface area contributed by atoms with E-state index >= 15 is 0 Å². The highest BCUT2D eigenvalue weighted by Crippen LogP contribution is 2.23. The molecular weight excluding hydrogens is 254 g/mol. The summed E-state index contributed by atoms with van der Waals surface area (Å²) in [5.74, 6) is 0.321. The molecule has 0 radical (unpaired) electrons. The Bertz CT molecular complexity index is 611. The molecule has 18 heavy (non-hydrogen) atoms. The van der Waals surface area contributed by atoms with Crippen molar-refractivity contribution in [1.82, 2.24) is 15.3 Å². The van der Waals surface area contributed by atoms with Gasteiger partial charge < -0.3 is 0 Å². The highest BCUT2D eigenvalue weighted by molar-refractivity contribution is 6.30. The summed E-state index contributed by atoms with van der Waals surface area (Å²) in [6, 6.07) is 8.90. The van der Waals surface area contributed by atoms with Crippen molar-refractivity contribution in [2.24, 2.45) is 4.99 Å². The zero-order valence-electron chi connectivity index (χ0n) is 9.08. The van der Waals surface area contributed by atoms with E-state index in [2.05, 4.69) is 10.1 Å². The van der Waals surface area contributed by atoms with Crippen LogP contribution in [0.15, 0.2) is 35.5 Å². The Morgan fingerprint density at radius 3 is 2.78 bits per heavy atom. The molecule has 7 heteroatoms. The van der Waals surface area contributed by atoms with Gasteiger partial charge in [0, 0.05) is 5.02 Å². The van der Waals surface area contributed by atoms with E-state index in [1.54, 1.807) is 29.7 Å².